The molecule has 0 N–H and O–H groups in total. The van der Waals surface area contributed by atoms with Crippen molar-refractivity contribution in [2.75, 3.05) is 0 Å². The first-order valence-electron chi connectivity index (χ1n) is 14.5. The summed E-state index contributed by atoms with van der Waals surface area (Å²) >= 11 is 0. The maximum absolute atomic E-state index is 14.3. The molecule has 0 saturated heterocycles. The quantitative estimate of drug-likeness (QED) is 0.161. The van der Waals surface area contributed by atoms with Gasteiger partial charge in [-0.25, -0.2) is 23.4 Å². The number of nitrogens with zero attached hydrogens (tertiary/aromatic N) is 6. The summed E-state index contributed by atoms with van der Waals surface area (Å²) in [6.07, 6.45) is -9.74. The van der Waals surface area contributed by atoms with Crippen molar-refractivity contribution in [3.05, 3.63) is 108 Å². The highest BCUT2D eigenvalue weighted by atomic mass is 19.4. The molecule has 260 valence electrons. The van der Waals surface area contributed by atoms with E-state index in [0.29, 0.717) is 34.4 Å². The Hall–Kier alpha value is -5.80. The van der Waals surface area contributed by atoms with Gasteiger partial charge in [0.15, 0.2) is 11.6 Å². The van der Waals surface area contributed by atoms with E-state index in [1.165, 1.54) is 77.5 Å². The second kappa shape index (κ2) is 14.0. The molecule has 0 radical (unpaired) electrons. The summed E-state index contributed by atoms with van der Waals surface area (Å²) in [4.78, 5) is 8.49. The Morgan fingerprint density at radius 2 is 1.04 bits per heavy atom. The number of ether oxygens (including phenoxy) is 2. The zero-order valence-corrected chi connectivity index (χ0v) is 26.6. The van der Waals surface area contributed by atoms with Crippen LogP contribution >= 0.6 is 0 Å². The number of hydrogen-bond acceptors (Lipinski definition) is 6. The van der Waals surface area contributed by atoms with Gasteiger partial charge in [-0.05, 0) is 62.4 Å². The average molecular weight is 703 g/mol. The molecule has 0 saturated carbocycles. The number of hydrogen-bond donors (Lipinski definition) is 0. The van der Waals surface area contributed by atoms with Crippen molar-refractivity contribution in [1.82, 2.24) is 29.5 Å². The molecule has 4 aromatic carbocycles. The van der Waals surface area contributed by atoms with Gasteiger partial charge in [-0.2, -0.15) is 10.2 Å². The third-order valence-electron chi connectivity index (χ3n) is 7.10. The predicted octanol–water partition coefficient (Wildman–Crippen LogP) is 8.99. The van der Waals surface area contributed by atoms with Crippen molar-refractivity contribution < 1.29 is 44.6 Å². The molecular weight excluding hydrogens is 676 g/mol. The van der Waals surface area contributed by atoms with E-state index in [1.807, 2.05) is 0 Å². The van der Waals surface area contributed by atoms with Crippen LogP contribution < -0.4 is 9.47 Å². The number of aromatic nitrogens is 6. The van der Waals surface area contributed by atoms with Gasteiger partial charge in [-0.3, -0.25) is 4.68 Å². The van der Waals surface area contributed by atoms with Crippen molar-refractivity contribution in [2.45, 2.75) is 26.6 Å². The summed E-state index contributed by atoms with van der Waals surface area (Å²) in [7, 11) is 3.39. The van der Waals surface area contributed by atoms with Crippen molar-refractivity contribution in [3.63, 3.8) is 0 Å². The minimum Gasteiger partial charge on any atom is -0.405 e. The molecule has 0 unspecified atom stereocenters. The second-order valence-electron chi connectivity index (χ2n) is 10.7. The number of rotatable bonds is 6. The summed E-state index contributed by atoms with van der Waals surface area (Å²) in [5.41, 5.74) is 0.966. The largest absolute Gasteiger partial charge is 0.573 e. The smallest absolute Gasteiger partial charge is 0.405 e. The lowest BCUT2D eigenvalue weighted by Crippen LogP contribution is -2.17. The van der Waals surface area contributed by atoms with E-state index in [0.717, 1.165) is 12.1 Å². The van der Waals surface area contributed by atoms with Gasteiger partial charge < -0.3 is 9.47 Å². The lowest BCUT2D eigenvalue weighted by atomic mass is 10.0. The molecule has 0 atom stereocenters. The van der Waals surface area contributed by atoms with Crippen molar-refractivity contribution >= 4 is 0 Å². The van der Waals surface area contributed by atoms with Crippen LogP contribution in [0.4, 0.5) is 35.1 Å². The van der Waals surface area contributed by atoms with Crippen molar-refractivity contribution in [1.29, 1.82) is 0 Å². The first-order chi connectivity index (χ1) is 23.5. The van der Waals surface area contributed by atoms with Gasteiger partial charge in [-0.15, -0.1) is 26.3 Å². The zero-order chi connectivity index (χ0) is 36.4. The molecule has 50 heavy (non-hydrogen) atoms. The van der Waals surface area contributed by atoms with Gasteiger partial charge in [-0.1, -0.05) is 36.4 Å². The van der Waals surface area contributed by atoms with Crippen LogP contribution in [-0.2, 0) is 14.1 Å². The second-order valence-corrected chi connectivity index (χ2v) is 10.7. The molecule has 0 aliphatic carbocycles. The zero-order valence-electron chi connectivity index (χ0n) is 26.6. The van der Waals surface area contributed by atoms with Gasteiger partial charge in [0, 0.05) is 47.5 Å². The Morgan fingerprint density at radius 3 is 1.48 bits per heavy atom. The van der Waals surface area contributed by atoms with Crippen LogP contribution in [0.5, 0.6) is 11.5 Å². The number of halogens is 8. The molecule has 6 rings (SSSR count). The minimum absolute atomic E-state index is 0.00179. The normalized spacial score (nSPS) is 11.6. The van der Waals surface area contributed by atoms with Crippen LogP contribution in [0.3, 0.4) is 0 Å². The fourth-order valence-electron chi connectivity index (χ4n) is 4.90. The fraction of sp³-hybridized carbons (Fsp3) is 0.176. The molecule has 0 aliphatic heterocycles. The lowest BCUT2D eigenvalue weighted by Gasteiger charge is -2.14. The van der Waals surface area contributed by atoms with Gasteiger partial charge in [0.1, 0.15) is 34.8 Å². The summed E-state index contributed by atoms with van der Waals surface area (Å²) in [6.45, 7) is 3.47. The van der Waals surface area contributed by atoms with Gasteiger partial charge in [0.25, 0.3) is 0 Å². The van der Waals surface area contributed by atoms with Crippen LogP contribution in [0.1, 0.15) is 11.6 Å². The molecule has 16 heteroatoms. The van der Waals surface area contributed by atoms with E-state index in [9.17, 15) is 35.1 Å². The molecule has 8 nitrogen and oxygen atoms in total. The Balaban J connectivity index is 0.000000194. The molecule has 0 bridgehead atoms. The van der Waals surface area contributed by atoms with E-state index < -0.39 is 35.9 Å². The average Bonchev–Trinajstić information content (AvgIpc) is 3.56. The van der Waals surface area contributed by atoms with Gasteiger partial charge in [0.05, 0.1) is 0 Å². The minimum atomic E-state index is -4.87. The van der Waals surface area contributed by atoms with Crippen molar-refractivity contribution in [2.24, 2.45) is 14.1 Å². The monoisotopic (exact) mass is 702 g/mol. The van der Waals surface area contributed by atoms with Gasteiger partial charge in [0.2, 0.25) is 0 Å². The molecule has 2 heterocycles. The molecule has 6 aromatic rings. The van der Waals surface area contributed by atoms with E-state index in [-0.39, 0.29) is 22.3 Å². The van der Waals surface area contributed by atoms with Crippen LogP contribution in [0, 0.1) is 25.5 Å². The summed E-state index contributed by atoms with van der Waals surface area (Å²) in [5.74, 6) is -0.263. The molecular formula is C34H26F8N6O2. The first-order valence-corrected chi connectivity index (χ1v) is 14.5. The SMILES string of the molecule is Cc1nc(-c2ccc(F)c(-c3ccccc3OC(F)(F)F)c2)n(C)n1.Cc1nc(-c2ccc(F)c(-c3ccccc3OC(F)(F)F)c2)nn1C. The standard InChI is InChI=1S/2C17H13F4N3O/c1-10-22-16(23-24(10)2)11-7-8-14(18)13(9-11)12-5-3-4-6-15(12)25-17(19,20)21;1-10-22-16(24(2)23-10)11-7-8-14(18)13(9-11)12-5-3-4-6-15(12)25-17(19,20)21/h2*3-9H,1-2H3. The van der Waals surface area contributed by atoms with E-state index in [1.54, 1.807) is 32.6 Å². The maximum atomic E-state index is 14.3. The van der Waals surface area contributed by atoms with Crippen molar-refractivity contribution in [3.8, 4) is 56.5 Å². The summed E-state index contributed by atoms with van der Waals surface area (Å²) in [6, 6.07) is 18.9. The van der Waals surface area contributed by atoms with Gasteiger partial charge >= 0.3 is 12.7 Å². The number of para-hydroxylation sites is 2. The molecule has 2 aromatic heterocycles. The maximum Gasteiger partial charge on any atom is 0.573 e. The molecule has 0 aliphatic rings. The molecule has 0 fully saturated rings. The first kappa shape index (κ1) is 35.5. The molecule has 0 spiro atoms. The third-order valence-corrected chi connectivity index (χ3v) is 7.10. The fourth-order valence-corrected chi connectivity index (χ4v) is 4.90. The Morgan fingerprint density at radius 1 is 0.560 bits per heavy atom. The third kappa shape index (κ3) is 8.43. The summed E-state index contributed by atoms with van der Waals surface area (Å²) < 4.78 is 115. The van der Waals surface area contributed by atoms with Crippen LogP contribution in [0.2, 0.25) is 0 Å². The number of aryl methyl sites for hydroxylation is 4. The topological polar surface area (TPSA) is 79.9 Å². The Bertz CT molecular complexity index is 2120. The van der Waals surface area contributed by atoms with E-state index in [4.69, 9.17) is 0 Å². The lowest BCUT2D eigenvalue weighted by molar-refractivity contribution is -0.275. The highest BCUT2D eigenvalue weighted by Gasteiger charge is 2.33. The van der Waals surface area contributed by atoms with Crippen LogP contribution in [0.15, 0.2) is 84.9 Å². The number of alkyl halides is 6. The summed E-state index contributed by atoms with van der Waals surface area (Å²) in [5, 5.41) is 8.32. The predicted molar refractivity (Wildman–Crippen MR) is 167 cm³/mol. The van der Waals surface area contributed by atoms with E-state index in [2.05, 4.69) is 29.6 Å². The highest BCUT2D eigenvalue weighted by molar-refractivity contribution is 5.76. The van der Waals surface area contributed by atoms with E-state index >= 15 is 0 Å². The molecule has 0 amide bonds. The highest BCUT2D eigenvalue weighted by Crippen LogP contribution is 2.38. The Labute approximate surface area is 279 Å². The number of benzene rings is 4. The Kier molecular flexibility index (Phi) is 9.92. The van der Waals surface area contributed by atoms with Crippen LogP contribution in [0.25, 0.3) is 45.0 Å². The van der Waals surface area contributed by atoms with Crippen LogP contribution in [-0.4, -0.2) is 42.3 Å².